The van der Waals surface area contributed by atoms with E-state index in [2.05, 4.69) is 20.5 Å². The van der Waals surface area contributed by atoms with Crippen molar-refractivity contribution in [2.24, 2.45) is 0 Å². The molecule has 0 saturated carbocycles. The van der Waals surface area contributed by atoms with Gasteiger partial charge in [-0.25, -0.2) is 14.3 Å². The van der Waals surface area contributed by atoms with Gasteiger partial charge in [0.2, 0.25) is 5.91 Å². The second-order valence-electron chi connectivity index (χ2n) is 6.64. The number of esters is 1. The summed E-state index contributed by atoms with van der Waals surface area (Å²) in [6.45, 7) is 2.44. The monoisotopic (exact) mass is 438 g/mol. The first-order valence-corrected chi connectivity index (χ1v) is 10.0. The van der Waals surface area contributed by atoms with E-state index in [1.54, 1.807) is 40.6 Å². The summed E-state index contributed by atoms with van der Waals surface area (Å²) in [7, 11) is 0. The molecule has 4 rings (SSSR count). The van der Waals surface area contributed by atoms with Crippen LogP contribution in [0.3, 0.4) is 0 Å². The number of benzene rings is 1. The van der Waals surface area contributed by atoms with Crippen molar-refractivity contribution in [1.82, 2.24) is 24.4 Å². The van der Waals surface area contributed by atoms with Crippen LogP contribution in [0.2, 0.25) is 5.02 Å². The lowest BCUT2D eigenvalue weighted by Gasteiger charge is -2.09. The average molecular weight is 439 g/mol. The van der Waals surface area contributed by atoms with Gasteiger partial charge in [0, 0.05) is 36.6 Å². The molecule has 0 aliphatic rings. The maximum absolute atomic E-state index is 12.3. The van der Waals surface area contributed by atoms with Crippen LogP contribution in [0, 0.1) is 0 Å². The fourth-order valence-corrected chi connectivity index (χ4v) is 3.28. The summed E-state index contributed by atoms with van der Waals surface area (Å²) in [4.78, 5) is 28.7. The molecule has 0 saturated heterocycles. The van der Waals surface area contributed by atoms with E-state index in [9.17, 15) is 9.59 Å². The third kappa shape index (κ3) is 4.56. The van der Waals surface area contributed by atoms with Crippen molar-refractivity contribution in [2.45, 2.75) is 19.9 Å². The number of aryl methyl sites for hydroxylation is 1. The van der Waals surface area contributed by atoms with E-state index in [-0.39, 0.29) is 18.9 Å². The number of carbonyl (C=O) groups is 2. The van der Waals surface area contributed by atoms with Crippen LogP contribution >= 0.6 is 11.6 Å². The van der Waals surface area contributed by atoms with E-state index in [0.717, 1.165) is 11.3 Å². The molecule has 10 heteroatoms. The first-order chi connectivity index (χ1) is 15.0. The minimum Gasteiger partial charge on any atom is -0.462 e. The van der Waals surface area contributed by atoms with E-state index in [1.165, 1.54) is 12.4 Å². The Morgan fingerprint density at radius 1 is 1.19 bits per heavy atom. The molecule has 0 aliphatic heterocycles. The largest absolute Gasteiger partial charge is 0.462 e. The first-order valence-electron chi connectivity index (χ1n) is 9.63. The predicted octanol–water partition coefficient (Wildman–Crippen LogP) is 3.45. The minimum atomic E-state index is -0.471. The van der Waals surface area contributed by atoms with Crippen molar-refractivity contribution in [1.29, 1.82) is 0 Å². The zero-order chi connectivity index (χ0) is 21.8. The van der Waals surface area contributed by atoms with E-state index in [0.29, 0.717) is 28.5 Å². The van der Waals surface area contributed by atoms with E-state index >= 15 is 0 Å². The number of halogens is 1. The Morgan fingerprint density at radius 2 is 2.06 bits per heavy atom. The van der Waals surface area contributed by atoms with E-state index in [4.69, 9.17) is 16.3 Å². The number of hydrogen-bond acceptors (Lipinski definition) is 6. The molecule has 31 heavy (non-hydrogen) atoms. The van der Waals surface area contributed by atoms with E-state index < -0.39 is 5.97 Å². The average Bonchev–Trinajstić information content (AvgIpc) is 3.38. The molecule has 9 nitrogen and oxygen atoms in total. The molecule has 1 amide bonds. The lowest BCUT2D eigenvalue weighted by Crippen LogP contribution is -2.14. The van der Waals surface area contributed by atoms with Gasteiger partial charge in [0.15, 0.2) is 5.65 Å². The van der Waals surface area contributed by atoms with Gasteiger partial charge in [-0.15, -0.1) is 0 Å². The number of rotatable bonds is 7. The highest BCUT2D eigenvalue weighted by atomic mass is 35.5. The molecule has 0 bridgehead atoms. The zero-order valence-electron chi connectivity index (χ0n) is 16.7. The number of aromatic nitrogens is 5. The number of anilines is 1. The Hall–Kier alpha value is -3.72. The van der Waals surface area contributed by atoms with Gasteiger partial charge in [-0.1, -0.05) is 23.7 Å². The van der Waals surface area contributed by atoms with Gasteiger partial charge in [-0.05, 0) is 25.1 Å². The summed E-state index contributed by atoms with van der Waals surface area (Å²) in [5, 5.41) is 11.8. The molecular weight excluding hydrogens is 420 g/mol. The lowest BCUT2D eigenvalue weighted by molar-refractivity contribution is -0.116. The van der Waals surface area contributed by atoms with Crippen LogP contribution in [0.5, 0.6) is 0 Å². The maximum Gasteiger partial charge on any atom is 0.343 e. The van der Waals surface area contributed by atoms with Gasteiger partial charge in [-0.2, -0.15) is 10.2 Å². The Balaban J connectivity index is 1.53. The summed E-state index contributed by atoms with van der Waals surface area (Å²) < 4.78 is 8.26. The first kappa shape index (κ1) is 20.5. The van der Waals surface area contributed by atoms with Gasteiger partial charge in [0.1, 0.15) is 5.56 Å². The molecule has 0 atom stereocenters. The molecule has 4 aromatic rings. The standard InChI is InChI=1S/C21H19ClN6O3/c1-2-31-21(30)17-12-25-28-18(6-8-23-20(17)28)14-4-3-5-16(10-14)26-19(29)7-9-27-13-15(22)11-24-27/h3-6,8,10-13H,2,7,9H2,1H3,(H,26,29). The van der Waals surface area contributed by atoms with Crippen molar-refractivity contribution in [3.8, 4) is 11.3 Å². The van der Waals surface area contributed by atoms with Crippen LogP contribution in [-0.4, -0.2) is 42.9 Å². The third-order valence-corrected chi connectivity index (χ3v) is 4.70. The maximum atomic E-state index is 12.3. The number of fused-ring (bicyclic) bond motifs is 1. The smallest absolute Gasteiger partial charge is 0.343 e. The summed E-state index contributed by atoms with van der Waals surface area (Å²) in [6, 6.07) is 9.15. The highest BCUT2D eigenvalue weighted by molar-refractivity contribution is 6.30. The Kier molecular flexibility index (Phi) is 5.94. The van der Waals surface area contributed by atoms with Crippen molar-refractivity contribution in [3.05, 3.63) is 65.7 Å². The zero-order valence-corrected chi connectivity index (χ0v) is 17.4. The highest BCUT2D eigenvalue weighted by Crippen LogP contribution is 2.24. The molecule has 0 aliphatic carbocycles. The van der Waals surface area contributed by atoms with Gasteiger partial charge < -0.3 is 10.1 Å². The SMILES string of the molecule is CCOC(=O)c1cnn2c(-c3cccc(NC(=O)CCn4cc(Cl)cn4)c3)ccnc12. The molecule has 0 spiro atoms. The quantitative estimate of drug-likeness (QED) is 0.443. The van der Waals surface area contributed by atoms with Gasteiger partial charge in [0.05, 0.1) is 29.7 Å². The molecular formula is C21H19ClN6O3. The summed E-state index contributed by atoms with van der Waals surface area (Å²) in [6.07, 6.45) is 6.50. The number of carbonyl (C=O) groups excluding carboxylic acids is 2. The number of amides is 1. The molecule has 1 N–H and O–H groups in total. The van der Waals surface area contributed by atoms with Crippen molar-refractivity contribution in [2.75, 3.05) is 11.9 Å². The fourth-order valence-electron chi connectivity index (χ4n) is 3.12. The van der Waals surface area contributed by atoms with Crippen molar-refractivity contribution < 1.29 is 14.3 Å². The fraction of sp³-hybridized carbons (Fsp3) is 0.190. The van der Waals surface area contributed by atoms with Crippen LogP contribution in [0.25, 0.3) is 16.9 Å². The van der Waals surface area contributed by atoms with Crippen molar-refractivity contribution >= 4 is 34.8 Å². The van der Waals surface area contributed by atoms with Crippen LogP contribution in [0.15, 0.2) is 55.1 Å². The summed E-state index contributed by atoms with van der Waals surface area (Å²) >= 11 is 5.84. The van der Waals surface area contributed by atoms with Crippen LogP contribution in [0.4, 0.5) is 5.69 Å². The molecule has 3 aromatic heterocycles. The Morgan fingerprint density at radius 3 is 2.84 bits per heavy atom. The topological polar surface area (TPSA) is 103 Å². The summed E-state index contributed by atoms with van der Waals surface area (Å²) in [5.41, 5.74) is 2.88. The van der Waals surface area contributed by atoms with Crippen molar-refractivity contribution in [3.63, 3.8) is 0 Å². The molecule has 158 valence electrons. The molecule has 1 aromatic carbocycles. The van der Waals surface area contributed by atoms with Crippen LogP contribution in [0.1, 0.15) is 23.7 Å². The normalized spacial score (nSPS) is 10.9. The summed E-state index contributed by atoms with van der Waals surface area (Å²) in [5.74, 6) is -0.617. The molecule has 0 unspecified atom stereocenters. The number of nitrogens with zero attached hydrogens (tertiary/aromatic N) is 5. The van der Waals surface area contributed by atoms with Crippen LogP contribution < -0.4 is 5.32 Å². The Bertz CT molecular complexity index is 1250. The number of nitrogens with one attached hydrogen (secondary N) is 1. The highest BCUT2D eigenvalue weighted by Gasteiger charge is 2.17. The second kappa shape index (κ2) is 8.97. The molecule has 3 heterocycles. The van der Waals surface area contributed by atoms with Gasteiger partial charge >= 0.3 is 5.97 Å². The predicted molar refractivity (Wildman–Crippen MR) is 115 cm³/mol. The second-order valence-corrected chi connectivity index (χ2v) is 7.08. The molecule has 0 fully saturated rings. The number of hydrogen-bond donors (Lipinski definition) is 1. The Labute approximate surface area is 182 Å². The van der Waals surface area contributed by atoms with Crippen LogP contribution in [-0.2, 0) is 16.1 Å². The molecule has 0 radical (unpaired) electrons. The minimum absolute atomic E-state index is 0.146. The lowest BCUT2D eigenvalue weighted by atomic mass is 10.1. The third-order valence-electron chi connectivity index (χ3n) is 4.51. The van der Waals surface area contributed by atoms with Gasteiger partial charge in [0.25, 0.3) is 0 Å². The van der Waals surface area contributed by atoms with Gasteiger partial charge in [-0.3, -0.25) is 9.48 Å². The number of ether oxygens (including phenoxy) is 1. The van der Waals surface area contributed by atoms with E-state index in [1.807, 2.05) is 18.2 Å².